The van der Waals surface area contributed by atoms with E-state index in [2.05, 4.69) is 15.1 Å². The first-order valence-corrected chi connectivity index (χ1v) is 9.58. The molecule has 11 heteroatoms. The number of carbonyl (C=O) groups is 2. The number of hydrogen-bond acceptors (Lipinski definition) is 6. The van der Waals surface area contributed by atoms with Gasteiger partial charge < -0.3 is 19.6 Å². The zero-order chi connectivity index (χ0) is 22.5. The molecule has 2 heterocycles. The molecule has 2 aliphatic rings. The summed E-state index contributed by atoms with van der Waals surface area (Å²) < 4.78 is 37.5. The second kappa shape index (κ2) is 9.59. The third kappa shape index (κ3) is 6.04. The smallest absolute Gasteiger partial charge is 0.475 e. The predicted molar refractivity (Wildman–Crippen MR) is 102 cm³/mol. The molecular weight excluding hydrogens is 405 g/mol. The van der Waals surface area contributed by atoms with E-state index in [0.717, 1.165) is 24.6 Å². The Labute approximate surface area is 173 Å². The van der Waals surface area contributed by atoms with Gasteiger partial charge in [0.25, 0.3) is 0 Å². The minimum Gasteiger partial charge on any atom is -0.475 e. The minimum absolute atomic E-state index is 0.0233. The van der Waals surface area contributed by atoms with E-state index in [1.165, 1.54) is 19.3 Å². The number of alkyl halides is 3. The molecule has 2 fully saturated rings. The van der Waals surface area contributed by atoms with E-state index < -0.39 is 12.1 Å². The van der Waals surface area contributed by atoms with Gasteiger partial charge in [-0.25, -0.2) is 4.79 Å². The predicted octanol–water partition coefficient (Wildman–Crippen LogP) is 2.13. The lowest BCUT2D eigenvalue weighted by molar-refractivity contribution is -0.192. The van der Waals surface area contributed by atoms with E-state index >= 15 is 0 Å². The number of rotatable bonds is 5. The first-order valence-electron chi connectivity index (χ1n) is 9.58. The summed E-state index contributed by atoms with van der Waals surface area (Å²) in [5.41, 5.74) is 1.10. The van der Waals surface area contributed by atoms with Gasteiger partial charge in [0.1, 0.15) is 6.61 Å². The second-order valence-corrected chi connectivity index (χ2v) is 7.95. The number of anilines is 1. The second-order valence-electron chi connectivity index (χ2n) is 7.95. The monoisotopic (exact) mass is 432 g/mol. The summed E-state index contributed by atoms with van der Waals surface area (Å²) in [5, 5.41) is 15.6. The molecule has 1 saturated heterocycles. The fourth-order valence-electron chi connectivity index (χ4n) is 3.86. The number of carboxylic acid groups (broad SMARTS) is 1. The summed E-state index contributed by atoms with van der Waals surface area (Å²) in [4.78, 5) is 24.5. The van der Waals surface area contributed by atoms with Crippen LogP contribution in [0.5, 0.6) is 0 Å². The average Bonchev–Trinajstić information content (AvgIpc) is 3.19. The van der Waals surface area contributed by atoms with Crippen LogP contribution in [0.2, 0.25) is 0 Å². The van der Waals surface area contributed by atoms with Crippen molar-refractivity contribution >= 4 is 17.7 Å². The molecule has 30 heavy (non-hydrogen) atoms. The van der Waals surface area contributed by atoms with Crippen molar-refractivity contribution in [2.75, 3.05) is 45.3 Å². The number of aryl methyl sites for hydroxylation is 1. The Morgan fingerprint density at radius 2 is 2.00 bits per heavy atom. The van der Waals surface area contributed by atoms with E-state index in [1.54, 1.807) is 19.0 Å². The van der Waals surface area contributed by atoms with Crippen LogP contribution in [0.3, 0.4) is 0 Å². The number of halogens is 3. The van der Waals surface area contributed by atoms with Crippen molar-refractivity contribution in [3.8, 4) is 0 Å². The maximum Gasteiger partial charge on any atom is 0.490 e. The highest BCUT2D eigenvalue weighted by atomic mass is 19.4. The number of amides is 1. The van der Waals surface area contributed by atoms with Gasteiger partial charge in [-0.3, -0.25) is 4.79 Å². The maximum absolute atomic E-state index is 11.7. The van der Waals surface area contributed by atoms with E-state index in [4.69, 9.17) is 14.6 Å². The molecule has 0 aromatic carbocycles. The van der Waals surface area contributed by atoms with Crippen LogP contribution < -0.4 is 4.90 Å². The van der Waals surface area contributed by atoms with Gasteiger partial charge in [0.2, 0.25) is 5.91 Å². The summed E-state index contributed by atoms with van der Waals surface area (Å²) in [5.74, 6) is -1.16. The molecule has 1 aliphatic carbocycles. The molecule has 0 radical (unpaired) electrons. The van der Waals surface area contributed by atoms with Gasteiger partial charge in [0, 0.05) is 32.6 Å². The number of aliphatic carboxylic acids is 1. The Kier molecular flexibility index (Phi) is 7.62. The average molecular weight is 432 g/mol. The van der Waals surface area contributed by atoms with E-state index in [-0.39, 0.29) is 17.9 Å². The normalized spacial score (nSPS) is 22.9. The zero-order valence-corrected chi connectivity index (χ0v) is 17.3. The summed E-state index contributed by atoms with van der Waals surface area (Å²) in [6, 6.07) is 4.06. The van der Waals surface area contributed by atoms with Crippen molar-refractivity contribution in [2.45, 2.75) is 32.4 Å². The Hall–Kier alpha value is -2.43. The molecule has 0 unspecified atom stereocenters. The van der Waals surface area contributed by atoms with Crippen LogP contribution in [0.15, 0.2) is 12.1 Å². The highest BCUT2D eigenvalue weighted by molar-refractivity contribution is 5.76. The van der Waals surface area contributed by atoms with Crippen molar-refractivity contribution in [1.29, 1.82) is 0 Å². The van der Waals surface area contributed by atoms with Gasteiger partial charge in [-0.05, 0) is 37.8 Å². The molecule has 1 amide bonds. The van der Waals surface area contributed by atoms with Gasteiger partial charge in [-0.2, -0.15) is 18.3 Å². The number of carboxylic acids is 1. The van der Waals surface area contributed by atoms with Crippen molar-refractivity contribution < 1.29 is 32.6 Å². The highest BCUT2D eigenvalue weighted by Gasteiger charge is 2.50. The Morgan fingerprint density at radius 3 is 2.53 bits per heavy atom. The molecule has 8 nitrogen and oxygen atoms in total. The molecule has 0 bridgehead atoms. The number of carbonyl (C=O) groups excluding carboxylic acids is 1. The van der Waals surface area contributed by atoms with Crippen LogP contribution in [0.4, 0.5) is 19.0 Å². The van der Waals surface area contributed by atoms with Crippen molar-refractivity contribution in [3.63, 3.8) is 0 Å². The lowest BCUT2D eigenvalue weighted by Gasteiger charge is -2.28. The van der Waals surface area contributed by atoms with Crippen LogP contribution in [0.1, 0.15) is 25.0 Å². The lowest BCUT2D eigenvalue weighted by atomic mass is 9.82. The number of aromatic nitrogens is 2. The minimum atomic E-state index is -5.08. The van der Waals surface area contributed by atoms with Gasteiger partial charge in [0.15, 0.2) is 5.82 Å². The number of hydrogen-bond donors (Lipinski definition) is 1. The topological polar surface area (TPSA) is 95.9 Å². The first kappa shape index (κ1) is 23.8. The van der Waals surface area contributed by atoms with E-state index in [0.29, 0.717) is 12.5 Å². The Bertz CT molecular complexity index is 742. The Balaban J connectivity index is 0.000000396. The molecule has 3 rings (SSSR count). The molecular formula is C19H27F3N4O4. The summed E-state index contributed by atoms with van der Waals surface area (Å²) >= 11 is 0. The van der Waals surface area contributed by atoms with E-state index in [9.17, 15) is 18.0 Å². The fraction of sp³-hybridized carbons (Fsp3) is 0.684. The maximum atomic E-state index is 11.7. The molecule has 0 spiro atoms. The van der Waals surface area contributed by atoms with Gasteiger partial charge >= 0.3 is 12.1 Å². The van der Waals surface area contributed by atoms with E-state index in [1.807, 2.05) is 19.1 Å². The van der Waals surface area contributed by atoms with Crippen LogP contribution >= 0.6 is 0 Å². The SMILES string of the molecule is Cc1ccc(N2C[C@H]3CCC[C@@]3(COCC(=O)N(C)C)C2)nn1.O=C(O)C(F)(F)F. The number of likely N-dealkylation sites (N-methyl/N-ethyl adjacent to an activating group) is 1. The molecule has 1 aromatic heterocycles. The van der Waals surface area contributed by atoms with Crippen molar-refractivity contribution in [3.05, 3.63) is 17.8 Å². The lowest BCUT2D eigenvalue weighted by Crippen LogP contribution is -2.35. The molecule has 1 saturated carbocycles. The molecule has 2 atom stereocenters. The fourth-order valence-corrected chi connectivity index (χ4v) is 3.86. The van der Waals surface area contributed by atoms with Gasteiger partial charge in [0.05, 0.1) is 12.3 Å². The summed E-state index contributed by atoms with van der Waals surface area (Å²) in [7, 11) is 3.52. The molecule has 1 N–H and O–H groups in total. The van der Waals surface area contributed by atoms with Crippen molar-refractivity contribution in [1.82, 2.24) is 15.1 Å². The van der Waals surface area contributed by atoms with Gasteiger partial charge in [-0.15, -0.1) is 5.10 Å². The number of fused-ring (bicyclic) bond motifs is 1. The summed E-state index contributed by atoms with van der Waals surface area (Å²) in [6.07, 6.45) is -1.42. The Morgan fingerprint density at radius 1 is 1.33 bits per heavy atom. The third-order valence-electron chi connectivity index (χ3n) is 5.50. The van der Waals surface area contributed by atoms with Crippen LogP contribution in [-0.4, -0.2) is 78.7 Å². The largest absolute Gasteiger partial charge is 0.490 e. The standard InChI is InChI=1S/C17H26N4O2.C2HF3O2/c1-13-6-7-15(19-18-13)21-9-14-5-4-8-17(14,11-21)12-23-10-16(22)20(2)3;3-2(4,5)1(6)7/h6-7,14H,4-5,8-12H2,1-3H3;(H,6,7)/t14-,17+;/m1./s1. The quantitative estimate of drug-likeness (QED) is 0.762. The highest BCUT2D eigenvalue weighted by Crippen LogP contribution is 2.49. The summed E-state index contributed by atoms with van der Waals surface area (Å²) in [6.45, 7) is 4.75. The van der Waals surface area contributed by atoms with Crippen molar-refractivity contribution in [2.24, 2.45) is 11.3 Å². The first-order chi connectivity index (χ1) is 13.9. The van der Waals surface area contributed by atoms with Crippen LogP contribution in [0, 0.1) is 18.3 Å². The third-order valence-corrected chi connectivity index (χ3v) is 5.50. The molecule has 168 valence electrons. The molecule has 1 aliphatic heterocycles. The number of nitrogens with zero attached hydrogens (tertiary/aromatic N) is 4. The zero-order valence-electron chi connectivity index (χ0n) is 17.3. The van der Waals surface area contributed by atoms with Crippen LogP contribution in [-0.2, 0) is 14.3 Å². The van der Waals surface area contributed by atoms with Crippen LogP contribution in [0.25, 0.3) is 0 Å². The van der Waals surface area contributed by atoms with Gasteiger partial charge in [-0.1, -0.05) is 6.42 Å². The number of ether oxygens (including phenoxy) is 1. The molecule has 1 aromatic rings.